The first-order valence-electron chi connectivity index (χ1n) is 5.24. The molecule has 0 aromatic rings. The lowest BCUT2D eigenvalue weighted by molar-refractivity contribution is 0.127. The van der Waals surface area contributed by atoms with Gasteiger partial charge < -0.3 is 4.74 Å². The minimum atomic E-state index is -0.712. The summed E-state index contributed by atoms with van der Waals surface area (Å²) in [5.41, 5.74) is 1.87. The van der Waals surface area contributed by atoms with Gasteiger partial charge in [0.05, 0.1) is 14.5 Å². The topological polar surface area (TPSA) is 9.23 Å². The van der Waals surface area contributed by atoms with Gasteiger partial charge in [0.1, 0.15) is 0 Å². The van der Waals surface area contributed by atoms with E-state index in [1.165, 1.54) is 5.57 Å². The van der Waals surface area contributed by atoms with Crippen LogP contribution in [0.5, 0.6) is 0 Å². The minimum absolute atomic E-state index is 0.443. The molecule has 74 valence electrons. The Bertz CT molecular complexity index is 206. The maximum absolute atomic E-state index is 5.88. The molecule has 0 aromatic carbocycles. The number of allylic oxidation sites excluding steroid dienone is 2. The molecule has 0 spiro atoms. The highest BCUT2D eigenvalue weighted by Gasteiger charge is 2.18. The van der Waals surface area contributed by atoms with Gasteiger partial charge in [0.15, 0.2) is 0 Å². The maximum Gasteiger partial charge on any atom is 0.0713 e. The SMILES string of the molecule is CCCOC(C1=CCC=C1)[SiH](C)C. The van der Waals surface area contributed by atoms with Crippen molar-refractivity contribution in [2.75, 3.05) is 6.61 Å². The third kappa shape index (κ3) is 3.12. The number of hydrogen-bond donors (Lipinski definition) is 0. The molecule has 0 amide bonds. The Balaban J connectivity index is 2.51. The summed E-state index contributed by atoms with van der Waals surface area (Å²) in [6.45, 7) is 7.78. The van der Waals surface area contributed by atoms with Crippen molar-refractivity contribution in [2.24, 2.45) is 0 Å². The zero-order valence-corrected chi connectivity index (χ0v) is 10.1. The van der Waals surface area contributed by atoms with Crippen LogP contribution in [-0.2, 0) is 4.74 Å². The van der Waals surface area contributed by atoms with Crippen LogP contribution in [0.4, 0.5) is 0 Å². The number of rotatable bonds is 5. The Labute approximate surface area is 83.1 Å². The normalized spacial score (nSPS) is 18.0. The predicted molar refractivity (Wildman–Crippen MR) is 60.7 cm³/mol. The van der Waals surface area contributed by atoms with E-state index in [-0.39, 0.29) is 0 Å². The Morgan fingerprint density at radius 1 is 1.54 bits per heavy atom. The first-order valence-corrected chi connectivity index (χ1v) is 8.21. The van der Waals surface area contributed by atoms with Crippen molar-refractivity contribution in [1.29, 1.82) is 0 Å². The molecule has 0 saturated heterocycles. The van der Waals surface area contributed by atoms with Gasteiger partial charge in [-0.25, -0.2) is 0 Å². The van der Waals surface area contributed by atoms with Gasteiger partial charge in [-0.05, 0) is 18.4 Å². The van der Waals surface area contributed by atoms with E-state index >= 15 is 0 Å². The van der Waals surface area contributed by atoms with E-state index in [9.17, 15) is 0 Å². The first kappa shape index (κ1) is 10.7. The molecular formula is C11H20OSi. The molecule has 1 aliphatic carbocycles. The van der Waals surface area contributed by atoms with Crippen molar-refractivity contribution >= 4 is 8.80 Å². The third-order valence-corrected chi connectivity index (χ3v) is 4.02. The second kappa shape index (κ2) is 5.40. The number of ether oxygens (including phenoxy) is 1. The fraction of sp³-hybridized carbons (Fsp3) is 0.636. The van der Waals surface area contributed by atoms with Crippen LogP contribution in [0.3, 0.4) is 0 Å². The number of hydrogen-bond acceptors (Lipinski definition) is 1. The van der Waals surface area contributed by atoms with E-state index in [1.807, 2.05) is 0 Å². The molecule has 1 atom stereocenters. The maximum atomic E-state index is 5.88. The Morgan fingerprint density at radius 2 is 2.31 bits per heavy atom. The molecule has 0 heterocycles. The zero-order valence-electron chi connectivity index (χ0n) is 8.92. The van der Waals surface area contributed by atoms with Gasteiger partial charge in [0.25, 0.3) is 0 Å². The minimum Gasteiger partial charge on any atom is -0.377 e. The van der Waals surface area contributed by atoms with E-state index in [1.54, 1.807) is 0 Å². The summed E-state index contributed by atoms with van der Waals surface area (Å²) >= 11 is 0. The van der Waals surface area contributed by atoms with Crippen LogP contribution in [0.2, 0.25) is 13.1 Å². The second-order valence-electron chi connectivity index (χ2n) is 3.88. The van der Waals surface area contributed by atoms with Crippen LogP contribution in [0.25, 0.3) is 0 Å². The van der Waals surface area contributed by atoms with Crippen molar-refractivity contribution in [3.8, 4) is 0 Å². The van der Waals surface area contributed by atoms with Gasteiger partial charge in [0.2, 0.25) is 0 Å². The van der Waals surface area contributed by atoms with Crippen LogP contribution < -0.4 is 0 Å². The van der Waals surface area contributed by atoms with E-state index in [4.69, 9.17) is 4.74 Å². The largest absolute Gasteiger partial charge is 0.377 e. The fourth-order valence-corrected chi connectivity index (χ4v) is 3.14. The molecule has 0 bridgehead atoms. The average Bonchev–Trinajstić information content (AvgIpc) is 2.57. The third-order valence-electron chi connectivity index (χ3n) is 2.24. The van der Waals surface area contributed by atoms with Crippen molar-refractivity contribution in [2.45, 2.75) is 38.6 Å². The predicted octanol–water partition coefficient (Wildman–Crippen LogP) is 2.69. The molecule has 1 rings (SSSR count). The summed E-state index contributed by atoms with van der Waals surface area (Å²) in [6.07, 6.45) is 8.96. The molecule has 0 aromatic heterocycles. The van der Waals surface area contributed by atoms with Crippen molar-refractivity contribution in [3.63, 3.8) is 0 Å². The summed E-state index contributed by atoms with van der Waals surface area (Å²) in [7, 11) is -0.712. The van der Waals surface area contributed by atoms with Gasteiger partial charge in [-0.15, -0.1) is 0 Å². The lowest BCUT2D eigenvalue weighted by Crippen LogP contribution is -2.29. The molecule has 1 nitrogen and oxygen atoms in total. The van der Waals surface area contributed by atoms with E-state index in [0.29, 0.717) is 5.73 Å². The summed E-state index contributed by atoms with van der Waals surface area (Å²) in [5.74, 6) is 0. The van der Waals surface area contributed by atoms with Gasteiger partial charge >= 0.3 is 0 Å². The summed E-state index contributed by atoms with van der Waals surface area (Å²) in [5, 5.41) is 0. The lowest BCUT2D eigenvalue weighted by Gasteiger charge is -2.20. The molecular weight excluding hydrogens is 176 g/mol. The van der Waals surface area contributed by atoms with Gasteiger partial charge in [-0.2, -0.15) is 0 Å². The van der Waals surface area contributed by atoms with Crippen molar-refractivity contribution < 1.29 is 4.74 Å². The standard InChI is InChI=1S/C11H20OSi/c1-4-9-12-11(13(2)3)10-7-5-6-8-10/h5,7-8,11,13H,4,6,9H2,1-3H3. The van der Waals surface area contributed by atoms with Crippen LogP contribution >= 0.6 is 0 Å². The first-order chi connectivity index (χ1) is 6.25. The Morgan fingerprint density at radius 3 is 2.77 bits per heavy atom. The molecule has 0 radical (unpaired) electrons. The fourth-order valence-electron chi connectivity index (χ4n) is 1.61. The lowest BCUT2D eigenvalue weighted by atomic mass is 10.3. The molecule has 1 unspecified atom stereocenters. The Kier molecular flexibility index (Phi) is 4.46. The van der Waals surface area contributed by atoms with Crippen LogP contribution in [0, 0.1) is 0 Å². The summed E-state index contributed by atoms with van der Waals surface area (Å²) in [6, 6.07) is 0. The summed E-state index contributed by atoms with van der Waals surface area (Å²) in [4.78, 5) is 0. The molecule has 0 fully saturated rings. The highest BCUT2D eigenvalue weighted by Crippen LogP contribution is 2.18. The molecule has 0 aliphatic heterocycles. The van der Waals surface area contributed by atoms with Crippen molar-refractivity contribution in [1.82, 2.24) is 0 Å². The molecule has 1 aliphatic rings. The second-order valence-corrected chi connectivity index (χ2v) is 6.97. The smallest absolute Gasteiger partial charge is 0.0713 e. The van der Waals surface area contributed by atoms with E-state index in [0.717, 1.165) is 19.4 Å². The van der Waals surface area contributed by atoms with Crippen LogP contribution in [-0.4, -0.2) is 21.1 Å². The highest BCUT2D eigenvalue weighted by molar-refractivity contribution is 6.58. The van der Waals surface area contributed by atoms with E-state index in [2.05, 4.69) is 38.2 Å². The van der Waals surface area contributed by atoms with Crippen LogP contribution in [0.15, 0.2) is 23.8 Å². The van der Waals surface area contributed by atoms with Crippen molar-refractivity contribution in [3.05, 3.63) is 23.8 Å². The molecule has 2 heteroatoms. The summed E-state index contributed by atoms with van der Waals surface area (Å²) < 4.78 is 5.88. The quantitative estimate of drug-likeness (QED) is 0.614. The Hall–Kier alpha value is -0.343. The van der Waals surface area contributed by atoms with Gasteiger partial charge in [0, 0.05) is 6.61 Å². The van der Waals surface area contributed by atoms with Gasteiger partial charge in [-0.3, -0.25) is 0 Å². The zero-order chi connectivity index (χ0) is 9.68. The monoisotopic (exact) mass is 196 g/mol. The molecule has 0 saturated carbocycles. The van der Waals surface area contributed by atoms with Crippen LogP contribution in [0.1, 0.15) is 19.8 Å². The average molecular weight is 196 g/mol. The highest BCUT2D eigenvalue weighted by atomic mass is 28.3. The van der Waals surface area contributed by atoms with E-state index < -0.39 is 8.80 Å². The molecule has 13 heavy (non-hydrogen) atoms. The van der Waals surface area contributed by atoms with Gasteiger partial charge in [-0.1, -0.05) is 38.2 Å². The molecule has 0 N–H and O–H groups in total.